The van der Waals surface area contributed by atoms with Crippen LogP contribution in [0.25, 0.3) is 0 Å². The van der Waals surface area contributed by atoms with Gasteiger partial charge >= 0.3 is 0 Å². The number of primary amides is 2. The first kappa shape index (κ1) is 13.1. The number of hydrogen-bond acceptors (Lipinski definition) is 4. The molecule has 1 aromatic heterocycles. The Morgan fingerprint density at radius 1 is 1.25 bits per heavy atom. The highest BCUT2D eigenvalue weighted by Gasteiger charge is 2.42. The molecule has 1 saturated heterocycles. The van der Waals surface area contributed by atoms with Gasteiger partial charge in [0.1, 0.15) is 0 Å². The Bertz CT molecular complexity index is 520. The average Bonchev–Trinajstić information content (AvgIpc) is 2.82. The van der Waals surface area contributed by atoms with Gasteiger partial charge in [0, 0.05) is 11.6 Å². The van der Waals surface area contributed by atoms with Crippen molar-refractivity contribution in [3.63, 3.8) is 0 Å². The van der Waals surface area contributed by atoms with Gasteiger partial charge in [-0.05, 0) is 25.7 Å². The largest absolute Gasteiger partial charge is 0.380 e. The zero-order valence-electron chi connectivity index (χ0n) is 11.2. The van der Waals surface area contributed by atoms with Crippen LogP contribution in [0.5, 0.6) is 0 Å². The highest BCUT2D eigenvalue weighted by molar-refractivity contribution is 6.04. The molecule has 0 atom stereocenters. The van der Waals surface area contributed by atoms with Crippen LogP contribution in [0.2, 0.25) is 0 Å². The van der Waals surface area contributed by atoms with Gasteiger partial charge in [0.25, 0.3) is 11.8 Å². The van der Waals surface area contributed by atoms with Crippen molar-refractivity contribution in [2.24, 2.45) is 16.9 Å². The number of carbonyl (C=O) groups is 2. The van der Waals surface area contributed by atoms with E-state index in [1.807, 2.05) is 0 Å². The fourth-order valence-corrected chi connectivity index (χ4v) is 3.10. The Morgan fingerprint density at radius 2 is 1.90 bits per heavy atom. The molecule has 2 heterocycles. The second-order valence-corrected chi connectivity index (χ2v) is 5.82. The van der Waals surface area contributed by atoms with E-state index >= 15 is 0 Å². The molecule has 3 rings (SSSR count). The summed E-state index contributed by atoms with van der Waals surface area (Å²) in [5, 5.41) is 4.16. The molecular weight excluding hydrogens is 260 g/mol. The standard InChI is InChI=1S/C13H18N4O3/c14-11(18)9-5-17(16-10(9)12(15)19)8-1-3-13(4-2-8)6-20-7-13/h5,8H,1-4,6-7H2,(H2,14,18)(H2,15,19). The van der Waals surface area contributed by atoms with Gasteiger partial charge in [0.2, 0.25) is 0 Å². The molecule has 7 heteroatoms. The summed E-state index contributed by atoms with van der Waals surface area (Å²) >= 11 is 0. The Morgan fingerprint density at radius 3 is 2.30 bits per heavy atom. The van der Waals surface area contributed by atoms with Crippen LogP contribution in [-0.4, -0.2) is 34.8 Å². The lowest BCUT2D eigenvalue weighted by atomic mass is 9.71. The maximum Gasteiger partial charge on any atom is 0.270 e. The van der Waals surface area contributed by atoms with Gasteiger partial charge in [0.15, 0.2) is 5.69 Å². The van der Waals surface area contributed by atoms with E-state index in [2.05, 4.69) is 5.10 Å². The van der Waals surface area contributed by atoms with Crippen LogP contribution in [0.15, 0.2) is 6.20 Å². The van der Waals surface area contributed by atoms with Crippen LogP contribution in [0.4, 0.5) is 0 Å². The minimum Gasteiger partial charge on any atom is -0.380 e. The lowest BCUT2D eigenvalue weighted by Gasteiger charge is -2.46. The lowest BCUT2D eigenvalue weighted by Crippen LogP contribution is -2.45. The topological polar surface area (TPSA) is 113 Å². The fourth-order valence-electron chi connectivity index (χ4n) is 3.10. The van der Waals surface area contributed by atoms with Crippen molar-refractivity contribution in [1.29, 1.82) is 0 Å². The number of nitrogens with zero attached hydrogens (tertiary/aromatic N) is 2. The summed E-state index contributed by atoms with van der Waals surface area (Å²) in [6.45, 7) is 1.69. The van der Waals surface area contributed by atoms with Gasteiger partial charge in [-0.2, -0.15) is 5.10 Å². The van der Waals surface area contributed by atoms with E-state index < -0.39 is 11.8 Å². The van der Waals surface area contributed by atoms with Crippen LogP contribution < -0.4 is 11.5 Å². The molecule has 0 aromatic carbocycles. The molecule has 1 aromatic rings. The third kappa shape index (κ3) is 2.07. The molecule has 4 N–H and O–H groups in total. The maximum atomic E-state index is 11.3. The van der Waals surface area contributed by atoms with E-state index in [-0.39, 0.29) is 17.3 Å². The Hall–Kier alpha value is -1.89. The quantitative estimate of drug-likeness (QED) is 0.822. The van der Waals surface area contributed by atoms with E-state index in [9.17, 15) is 9.59 Å². The second kappa shape index (κ2) is 4.59. The Balaban J connectivity index is 1.79. The highest BCUT2D eigenvalue weighted by Crippen LogP contribution is 2.45. The zero-order valence-corrected chi connectivity index (χ0v) is 11.2. The third-order valence-corrected chi connectivity index (χ3v) is 4.44. The molecule has 1 aliphatic heterocycles. The summed E-state index contributed by atoms with van der Waals surface area (Å²) in [6.07, 6.45) is 5.62. The number of aromatic nitrogens is 2. The van der Waals surface area contributed by atoms with Gasteiger partial charge in [0.05, 0.1) is 24.8 Å². The molecule has 7 nitrogen and oxygen atoms in total. The smallest absolute Gasteiger partial charge is 0.270 e. The number of carbonyl (C=O) groups excluding carboxylic acids is 2. The minimum absolute atomic E-state index is 0.0373. The van der Waals surface area contributed by atoms with Crippen LogP contribution in [0.1, 0.15) is 52.6 Å². The number of rotatable bonds is 3. The van der Waals surface area contributed by atoms with Crippen molar-refractivity contribution < 1.29 is 14.3 Å². The summed E-state index contributed by atoms with van der Waals surface area (Å²) < 4.78 is 6.97. The average molecular weight is 278 g/mol. The molecule has 0 bridgehead atoms. The molecule has 1 saturated carbocycles. The summed E-state index contributed by atoms with van der Waals surface area (Å²) in [6, 6.07) is 0.187. The Kier molecular flexibility index (Phi) is 3.01. The van der Waals surface area contributed by atoms with Gasteiger partial charge in [-0.25, -0.2) is 0 Å². The molecule has 20 heavy (non-hydrogen) atoms. The van der Waals surface area contributed by atoms with Crippen molar-refractivity contribution in [2.45, 2.75) is 31.7 Å². The van der Waals surface area contributed by atoms with Crippen molar-refractivity contribution in [3.05, 3.63) is 17.5 Å². The zero-order chi connectivity index (χ0) is 14.3. The van der Waals surface area contributed by atoms with E-state index in [1.165, 1.54) is 0 Å². The third-order valence-electron chi connectivity index (χ3n) is 4.44. The number of ether oxygens (including phenoxy) is 1. The predicted molar refractivity (Wildman–Crippen MR) is 70.0 cm³/mol. The summed E-state index contributed by atoms with van der Waals surface area (Å²) in [5.74, 6) is -1.40. The van der Waals surface area contributed by atoms with Gasteiger partial charge in [-0.3, -0.25) is 14.3 Å². The molecule has 1 aliphatic carbocycles. The molecule has 2 fully saturated rings. The van der Waals surface area contributed by atoms with Crippen molar-refractivity contribution in [3.8, 4) is 0 Å². The first-order chi connectivity index (χ1) is 9.51. The highest BCUT2D eigenvalue weighted by atomic mass is 16.5. The molecule has 108 valence electrons. The first-order valence-electron chi connectivity index (χ1n) is 6.77. The molecule has 2 amide bonds. The van der Waals surface area contributed by atoms with Crippen molar-refractivity contribution in [1.82, 2.24) is 9.78 Å². The number of hydrogen-bond donors (Lipinski definition) is 2. The first-order valence-corrected chi connectivity index (χ1v) is 6.77. The normalized spacial score (nSPS) is 21.6. The minimum atomic E-state index is -0.725. The SMILES string of the molecule is NC(=O)c1cn(C2CCC3(CC2)COC3)nc1C(N)=O. The van der Waals surface area contributed by atoms with E-state index in [1.54, 1.807) is 10.9 Å². The molecule has 1 spiro atoms. The molecule has 2 aliphatic rings. The van der Waals surface area contributed by atoms with Crippen LogP contribution in [0, 0.1) is 5.41 Å². The number of nitrogens with two attached hydrogens (primary N) is 2. The predicted octanol–water partition coefficient (Wildman–Crippen LogP) is 0.213. The van der Waals surface area contributed by atoms with Crippen molar-refractivity contribution >= 4 is 11.8 Å². The van der Waals surface area contributed by atoms with Crippen LogP contribution >= 0.6 is 0 Å². The molecular formula is C13H18N4O3. The van der Waals surface area contributed by atoms with Gasteiger partial charge in [-0.1, -0.05) is 0 Å². The van der Waals surface area contributed by atoms with Gasteiger partial charge in [-0.15, -0.1) is 0 Å². The summed E-state index contributed by atoms with van der Waals surface area (Å²) in [4.78, 5) is 22.6. The van der Waals surface area contributed by atoms with Crippen LogP contribution in [-0.2, 0) is 4.74 Å². The van der Waals surface area contributed by atoms with E-state index in [4.69, 9.17) is 16.2 Å². The lowest BCUT2D eigenvalue weighted by molar-refractivity contribution is -0.135. The van der Waals surface area contributed by atoms with Gasteiger partial charge < -0.3 is 16.2 Å². The van der Waals surface area contributed by atoms with Crippen molar-refractivity contribution in [2.75, 3.05) is 13.2 Å². The molecule has 0 radical (unpaired) electrons. The summed E-state index contributed by atoms with van der Waals surface area (Å²) in [7, 11) is 0. The van der Waals surface area contributed by atoms with Crippen LogP contribution in [0.3, 0.4) is 0 Å². The monoisotopic (exact) mass is 278 g/mol. The van der Waals surface area contributed by atoms with E-state index in [0.717, 1.165) is 38.9 Å². The Labute approximate surface area is 116 Å². The fraction of sp³-hybridized carbons (Fsp3) is 0.615. The summed E-state index contributed by atoms with van der Waals surface area (Å²) in [5.41, 5.74) is 10.9. The van der Waals surface area contributed by atoms with E-state index in [0.29, 0.717) is 5.41 Å². The maximum absolute atomic E-state index is 11.3. The molecule has 0 unspecified atom stereocenters. The number of amides is 2. The second-order valence-electron chi connectivity index (χ2n) is 5.82.